The standard InChI is InChI=1S/C15H23N3O.ClH/c1-18(13-7-3-2-4-8-13)12-6-11-17-15(19)14-9-5-10-16-14;/h2-4,7-8,14,16H,5-6,9-12H2,1H3,(H,17,19);1H. The highest BCUT2D eigenvalue weighted by Gasteiger charge is 2.21. The first-order valence-electron chi connectivity index (χ1n) is 7.04. The highest BCUT2D eigenvalue weighted by atomic mass is 35.5. The van der Waals surface area contributed by atoms with E-state index in [2.05, 4.69) is 34.7 Å². The second-order valence-corrected chi connectivity index (χ2v) is 5.05. The van der Waals surface area contributed by atoms with Crippen molar-refractivity contribution in [2.24, 2.45) is 0 Å². The first kappa shape index (κ1) is 16.8. The Balaban J connectivity index is 0.00000200. The lowest BCUT2D eigenvalue weighted by Gasteiger charge is -2.19. The molecule has 0 saturated carbocycles. The number of carbonyl (C=O) groups is 1. The van der Waals surface area contributed by atoms with Crippen LogP contribution in [0.1, 0.15) is 19.3 Å². The Labute approximate surface area is 127 Å². The Morgan fingerprint density at radius 2 is 2.15 bits per heavy atom. The van der Waals surface area contributed by atoms with Gasteiger partial charge in [0.2, 0.25) is 5.91 Å². The molecule has 0 spiro atoms. The fourth-order valence-electron chi connectivity index (χ4n) is 2.37. The van der Waals surface area contributed by atoms with Crippen LogP contribution in [0.5, 0.6) is 0 Å². The van der Waals surface area contributed by atoms with Gasteiger partial charge in [0.05, 0.1) is 6.04 Å². The summed E-state index contributed by atoms with van der Waals surface area (Å²) in [7, 11) is 2.08. The molecular formula is C15H24ClN3O. The molecule has 112 valence electrons. The summed E-state index contributed by atoms with van der Waals surface area (Å²) in [5, 5.41) is 6.21. The number of nitrogens with zero attached hydrogens (tertiary/aromatic N) is 1. The molecule has 1 aliphatic rings. The molecule has 4 nitrogen and oxygen atoms in total. The average Bonchev–Trinajstić information content (AvgIpc) is 2.98. The molecule has 0 bridgehead atoms. The maximum absolute atomic E-state index is 11.8. The van der Waals surface area contributed by atoms with Crippen LogP contribution in [0.15, 0.2) is 30.3 Å². The van der Waals surface area contributed by atoms with E-state index in [0.29, 0.717) is 0 Å². The first-order chi connectivity index (χ1) is 9.27. The van der Waals surface area contributed by atoms with Gasteiger partial charge in [-0.3, -0.25) is 4.79 Å². The van der Waals surface area contributed by atoms with Crippen LogP contribution < -0.4 is 15.5 Å². The molecule has 2 N–H and O–H groups in total. The smallest absolute Gasteiger partial charge is 0.237 e. The molecule has 1 amide bonds. The summed E-state index contributed by atoms with van der Waals surface area (Å²) in [4.78, 5) is 14.0. The second-order valence-electron chi connectivity index (χ2n) is 5.05. The highest BCUT2D eigenvalue weighted by molar-refractivity contribution is 5.85. The minimum absolute atomic E-state index is 0. The lowest BCUT2D eigenvalue weighted by atomic mass is 10.2. The maximum atomic E-state index is 11.8. The first-order valence-corrected chi connectivity index (χ1v) is 7.04. The number of benzene rings is 1. The number of amides is 1. The largest absolute Gasteiger partial charge is 0.375 e. The van der Waals surface area contributed by atoms with Gasteiger partial charge in [-0.15, -0.1) is 12.4 Å². The number of anilines is 1. The van der Waals surface area contributed by atoms with Crippen LogP contribution in [0.25, 0.3) is 0 Å². The predicted molar refractivity (Wildman–Crippen MR) is 85.6 cm³/mol. The van der Waals surface area contributed by atoms with Crippen molar-refractivity contribution in [1.82, 2.24) is 10.6 Å². The topological polar surface area (TPSA) is 44.4 Å². The van der Waals surface area contributed by atoms with Crippen molar-refractivity contribution in [3.05, 3.63) is 30.3 Å². The number of carbonyl (C=O) groups excluding carboxylic acids is 1. The molecule has 1 unspecified atom stereocenters. The Bertz CT molecular complexity index is 393. The van der Waals surface area contributed by atoms with E-state index in [-0.39, 0.29) is 24.4 Å². The van der Waals surface area contributed by atoms with E-state index in [1.54, 1.807) is 0 Å². The maximum Gasteiger partial charge on any atom is 0.237 e. The Kier molecular flexibility index (Phi) is 7.41. The Morgan fingerprint density at radius 3 is 2.80 bits per heavy atom. The van der Waals surface area contributed by atoms with E-state index in [0.717, 1.165) is 38.9 Å². The zero-order valence-electron chi connectivity index (χ0n) is 12.0. The van der Waals surface area contributed by atoms with E-state index < -0.39 is 0 Å². The van der Waals surface area contributed by atoms with Gasteiger partial charge >= 0.3 is 0 Å². The molecule has 0 aromatic heterocycles. The molecule has 1 fully saturated rings. The summed E-state index contributed by atoms with van der Waals surface area (Å²) < 4.78 is 0. The summed E-state index contributed by atoms with van der Waals surface area (Å²) in [5.74, 6) is 0.153. The molecule has 1 aromatic rings. The molecule has 1 aliphatic heterocycles. The fourth-order valence-corrected chi connectivity index (χ4v) is 2.37. The predicted octanol–water partition coefficient (Wildman–Crippen LogP) is 1.80. The van der Waals surface area contributed by atoms with Crippen molar-refractivity contribution < 1.29 is 4.79 Å². The summed E-state index contributed by atoms with van der Waals surface area (Å²) in [5.41, 5.74) is 1.21. The normalized spacial score (nSPS) is 17.4. The van der Waals surface area contributed by atoms with Gasteiger partial charge in [-0.05, 0) is 37.9 Å². The molecule has 5 heteroatoms. The van der Waals surface area contributed by atoms with Crippen molar-refractivity contribution in [2.45, 2.75) is 25.3 Å². The van der Waals surface area contributed by atoms with Crippen molar-refractivity contribution in [3.63, 3.8) is 0 Å². The third-order valence-electron chi connectivity index (χ3n) is 3.54. The number of para-hydroxylation sites is 1. The van der Waals surface area contributed by atoms with Crippen LogP contribution in [0.3, 0.4) is 0 Å². The number of hydrogen-bond acceptors (Lipinski definition) is 3. The number of nitrogens with one attached hydrogen (secondary N) is 2. The van der Waals surface area contributed by atoms with Gasteiger partial charge in [-0.2, -0.15) is 0 Å². The zero-order chi connectivity index (χ0) is 13.5. The van der Waals surface area contributed by atoms with Crippen LogP contribution in [0, 0.1) is 0 Å². The molecule has 1 atom stereocenters. The van der Waals surface area contributed by atoms with Gasteiger partial charge in [0.25, 0.3) is 0 Å². The third-order valence-corrected chi connectivity index (χ3v) is 3.54. The lowest BCUT2D eigenvalue weighted by molar-refractivity contribution is -0.122. The van der Waals surface area contributed by atoms with Gasteiger partial charge in [-0.1, -0.05) is 18.2 Å². The summed E-state index contributed by atoms with van der Waals surface area (Å²) in [6, 6.07) is 10.3. The monoisotopic (exact) mass is 297 g/mol. The van der Waals surface area contributed by atoms with E-state index in [4.69, 9.17) is 0 Å². The second kappa shape index (κ2) is 8.82. The van der Waals surface area contributed by atoms with Gasteiger partial charge in [0.15, 0.2) is 0 Å². The molecule has 1 saturated heterocycles. The van der Waals surface area contributed by atoms with Crippen LogP contribution in [-0.2, 0) is 4.79 Å². The number of rotatable bonds is 6. The van der Waals surface area contributed by atoms with Crippen LogP contribution in [-0.4, -0.2) is 38.6 Å². The summed E-state index contributed by atoms with van der Waals surface area (Å²) in [6.07, 6.45) is 3.04. The lowest BCUT2D eigenvalue weighted by Crippen LogP contribution is -2.41. The van der Waals surface area contributed by atoms with Crippen LogP contribution in [0.4, 0.5) is 5.69 Å². The average molecular weight is 298 g/mol. The molecule has 2 rings (SSSR count). The van der Waals surface area contributed by atoms with Gasteiger partial charge < -0.3 is 15.5 Å². The SMILES string of the molecule is CN(CCCNC(=O)C1CCCN1)c1ccccc1.Cl. The van der Waals surface area contributed by atoms with Crippen molar-refractivity contribution in [2.75, 3.05) is 31.6 Å². The Morgan fingerprint density at radius 1 is 1.40 bits per heavy atom. The van der Waals surface area contributed by atoms with Crippen molar-refractivity contribution in [3.8, 4) is 0 Å². The van der Waals surface area contributed by atoms with Gasteiger partial charge in [0.1, 0.15) is 0 Å². The minimum atomic E-state index is 0. The molecular weight excluding hydrogens is 274 g/mol. The van der Waals surface area contributed by atoms with Crippen LogP contribution in [0.2, 0.25) is 0 Å². The molecule has 0 aliphatic carbocycles. The van der Waals surface area contributed by atoms with E-state index in [1.807, 2.05) is 18.2 Å². The molecule has 1 heterocycles. The van der Waals surface area contributed by atoms with E-state index >= 15 is 0 Å². The minimum Gasteiger partial charge on any atom is -0.375 e. The zero-order valence-corrected chi connectivity index (χ0v) is 12.8. The fraction of sp³-hybridized carbons (Fsp3) is 0.533. The van der Waals surface area contributed by atoms with Gasteiger partial charge in [0, 0.05) is 25.8 Å². The molecule has 20 heavy (non-hydrogen) atoms. The quantitative estimate of drug-likeness (QED) is 0.787. The van der Waals surface area contributed by atoms with E-state index in [9.17, 15) is 4.79 Å². The highest BCUT2D eigenvalue weighted by Crippen LogP contribution is 2.10. The van der Waals surface area contributed by atoms with E-state index in [1.165, 1.54) is 5.69 Å². The van der Waals surface area contributed by atoms with Crippen molar-refractivity contribution >= 4 is 24.0 Å². The summed E-state index contributed by atoms with van der Waals surface area (Å²) in [6.45, 7) is 2.66. The van der Waals surface area contributed by atoms with Gasteiger partial charge in [-0.25, -0.2) is 0 Å². The third kappa shape index (κ3) is 5.02. The molecule has 0 radical (unpaired) electrons. The molecule has 1 aromatic carbocycles. The summed E-state index contributed by atoms with van der Waals surface area (Å²) >= 11 is 0. The number of halogens is 1. The van der Waals surface area contributed by atoms with Crippen molar-refractivity contribution in [1.29, 1.82) is 0 Å². The number of hydrogen-bond donors (Lipinski definition) is 2. The Hall–Kier alpha value is -1.26. The van der Waals surface area contributed by atoms with Crippen LogP contribution >= 0.6 is 12.4 Å².